The number of fused-ring (bicyclic) bond motifs is 1. The van der Waals surface area contributed by atoms with Crippen molar-refractivity contribution in [2.75, 3.05) is 0 Å². The molecule has 1 aliphatic rings. The number of carboxylic acid groups (broad SMARTS) is 1. The van der Waals surface area contributed by atoms with Crippen LogP contribution >= 0.6 is 0 Å². The standard InChI is InChI=1S/C43H44N2O5/c1-28(46)45-39(25-29-10-8-9-11-29)37-27-36(50-35-22-19-34(20-23-35)43(2,3)4)21-18-33(37)26-40(45)41(47)44-38(42(48)49)24-30-14-16-32(17-15-30)31-12-6-5-7-13-31/h5-7,12-23,26-27,29,38H,8-11,24-25H2,1-4H3,(H-,44,47,48,49)/p+1/t38-/m0/s1. The minimum absolute atomic E-state index is 0.0273. The zero-order valence-corrected chi connectivity index (χ0v) is 29.2. The van der Waals surface area contributed by atoms with Crippen molar-refractivity contribution in [3.63, 3.8) is 0 Å². The van der Waals surface area contributed by atoms with E-state index >= 15 is 0 Å². The van der Waals surface area contributed by atoms with Gasteiger partial charge in [-0.3, -0.25) is 4.79 Å². The van der Waals surface area contributed by atoms with Crippen LogP contribution in [0.25, 0.3) is 21.9 Å². The molecule has 5 aromatic rings. The summed E-state index contributed by atoms with van der Waals surface area (Å²) in [6.07, 6.45) is 5.09. The van der Waals surface area contributed by atoms with Crippen LogP contribution in [0.1, 0.15) is 85.5 Å². The van der Waals surface area contributed by atoms with Gasteiger partial charge in [-0.25, -0.2) is 9.59 Å². The van der Waals surface area contributed by atoms with E-state index < -0.39 is 17.9 Å². The highest BCUT2D eigenvalue weighted by Gasteiger charge is 2.34. The van der Waals surface area contributed by atoms with Crippen LogP contribution < -0.4 is 14.6 Å². The normalized spacial score (nSPS) is 14.0. The third kappa shape index (κ3) is 7.94. The second kappa shape index (κ2) is 14.7. The minimum atomic E-state index is -1.19. The van der Waals surface area contributed by atoms with E-state index in [4.69, 9.17) is 4.74 Å². The summed E-state index contributed by atoms with van der Waals surface area (Å²) in [5.41, 5.74) is 4.96. The molecule has 0 saturated heterocycles. The molecule has 1 fully saturated rings. The van der Waals surface area contributed by atoms with Gasteiger partial charge >= 0.3 is 17.8 Å². The summed E-state index contributed by atoms with van der Waals surface area (Å²) < 4.78 is 7.76. The molecule has 4 aromatic carbocycles. The number of benzene rings is 4. The number of amides is 1. The molecule has 1 aromatic heterocycles. The lowest BCUT2D eigenvalue weighted by Crippen LogP contribution is -2.54. The Morgan fingerprint density at radius 2 is 1.48 bits per heavy atom. The number of pyridine rings is 1. The number of hydrogen-bond acceptors (Lipinski definition) is 4. The van der Waals surface area contributed by atoms with Crippen LogP contribution in [0.15, 0.2) is 103 Å². The molecule has 1 heterocycles. The maximum atomic E-state index is 14.0. The van der Waals surface area contributed by atoms with Crippen molar-refractivity contribution < 1.29 is 28.8 Å². The molecule has 6 rings (SSSR count). The molecular formula is C43H45N2O5+. The van der Waals surface area contributed by atoms with Crippen molar-refractivity contribution in [2.24, 2.45) is 5.92 Å². The average molecular weight is 670 g/mol. The van der Waals surface area contributed by atoms with Gasteiger partial charge in [0.05, 0.1) is 12.3 Å². The van der Waals surface area contributed by atoms with Crippen LogP contribution in [-0.2, 0) is 23.1 Å². The highest BCUT2D eigenvalue weighted by molar-refractivity contribution is 5.98. The van der Waals surface area contributed by atoms with Gasteiger partial charge in [-0.2, -0.15) is 0 Å². The van der Waals surface area contributed by atoms with E-state index in [2.05, 4.69) is 38.2 Å². The summed E-state index contributed by atoms with van der Waals surface area (Å²) in [6.45, 7) is 7.96. The molecule has 1 atom stereocenters. The number of carbonyl (C=O) groups excluding carboxylic acids is 2. The SMILES string of the molecule is CC(=O)[n+]1c(C(=O)N[C@@H](Cc2ccc(-c3ccccc3)cc2)C(=O)O)cc2ccc(Oc3ccc(C(C)(C)C)cc3)cc2c1CC1CCCC1. The van der Waals surface area contributed by atoms with Gasteiger partial charge in [0.25, 0.3) is 5.69 Å². The molecule has 1 aliphatic carbocycles. The highest BCUT2D eigenvalue weighted by Crippen LogP contribution is 2.33. The molecule has 1 amide bonds. The smallest absolute Gasteiger partial charge is 0.389 e. The zero-order valence-electron chi connectivity index (χ0n) is 29.2. The van der Waals surface area contributed by atoms with Crippen molar-refractivity contribution >= 4 is 28.6 Å². The number of rotatable bonds is 10. The maximum absolute atomic E-state index is 14.0. The number of hydrogen-bond donors (Lipinski definition) is 2. The quantitative estimate of drug-likeness (QED) is 0.145. The number of ether oxygens (including phenoxy) is 1. The van der Waals surface area contributed by atoms with Gasteiger partial charge in [-0.05, 0) is 76.1 Å². The maximum Gasteiger partial charge on any atom is 0.389 e. The fraction of sp³-hybridized carbons (Fsp3) is 0.302. The molecular weight excluding hydrogens is 624 g/mol. The molecule has 7 heteroatoms. The lowest BCUT2D eigenvalue weighted by atomic mass is 9.87. The van der Waals surface area contributed by atoms with E-state index in [0.717, 1.165) is 58.8 Å². The Balaban J connectivity index is 1.32. The van der Waals surface area contributed by atoms with Crippen molar-refractivity contribution in [3.05, 3.63) is 126 Å². The largest absolute Gasteiger partial charge is 0.480 e. The Labute approximate surface area is 293 Å². The van der Waals surface area contributed by atoms with E-state index in [0.29, 0.717) is 23.8 Å². The molecule has 0 bridgehead atoms. The molecule has 1 saturated carbocycles. The first-order chi connectivity index (χ1) is 24.0. The van der Waals surface area contributed by atoms with Gasteiger partial charge in [0, 0.05) is 18.9 Å². The number of nitrogens with one attached hydrogen (secondary N) is 1. The second-order valence-electron chi connectivity index (χ2n) is 14.4. The Hall–Kier alpha value is -5.30. The van der Waals surface area contributed by atoms with Crippen LogP contribution in [0.4, 0.5) is 0 Å². The second-order valence-corrected chi connectivity index (χ2v) is 14.4. The predicted octanol–water partition coefficient (Wildman–Crippen LogP) is 8.70. The summed E-state index contributed by atoms with van der Waals surface area (Å²) in [4.78, 5) is 39.8. The Morgan fingerprint density at radius 3 is 2.10 bits per heavy atom. The summed E-state index contributed by atoms with van der Waals surface area (Å²) >= 11 is 0. The molecule has 0 aliphatic heterocycles. The van der Waals surface area contributed by atoms with Crippen LogP contribution in [0.2, 0.25) is 0 Å². The van der Waals surface area contributed by atoms with Crippen LogP contribution in [0, 0.1) is 5.92 Å². The fourth-order valence-electron chi connectivity index (χ4n) is 6.96. The molecule has 0 spiro atoms. The lowest BCUT2D eigenvalue weighted by molar-refractivity contribution is -0.582. The third-order valence-electron chi connectivity index (χ3n) is 9.70. The highest BCUT2D eigenvalue weighted by atomic mass is 16.5. The molecule has 0 unspecified atom stereocenters. The summed E-state index contributed by atoms with van der Waals surface area (Å²) in [5, 5.41) is 14.5. The predicted molar refractivity (Wildman–Crippen MR) is 196 cm³/mol. The number of nitrogens with zero attached hydrogens (tertiary/aromatic N) is 1. The number of aliphatic carboxylic acids is 1. The first-order valence-corrected chi connectivity index (χ1v) is 17.5. The minimum Gasteiger partial charge on any atom is -0.480 e. The van der Waals surface area contributed by atoms with Gasteiger partial charge in [-0.15, -0.1) is 4.57 Å². The third-order valence-corrected chi connectivity index (χ3v) is 9.70. The summed E-state index contributed by atoms with van der Waals surface area (Å²) in [5.74, 6) is -0.351. The van der Waals surface area contributed by atoms with Crippen LogP contribution in [0.5, 0.6) is 11.5 Å². The topological polar surface area (TPSA) is 96.6 Å². The average Bonchev–Trinajstić information content (AvgIpc) is 3.61. The van der Waals surface area contributed by atoms with Crippen molar-refractivity contribution in [1.82, 2.24) is 5.32 Å². The van der Waals surface area contributed by atoms with Crippen molar-refractivity contribution in [1.29, 1.82) is 0 Å². The van der Waals surface area contributed by atoms with Crippen molar-refractivity contribution in [2.45, 2.75) is 77.7 Å². The van der Waals surface area contributed by atoms with E-state index in [1.165, 1.54) is 17.1 Å². The van der Waals surface area contributed by atoms with Crippen LogP contribution in [0.3, 0.4) is 0 Å². The Morgan fingerprint density at radius 1 is 0.840 bits per heavy atom. The van der Waals surface area contributed by atoms with Gasteiger partial charge in [-0.1, -0.05) is 106 Å². The summed E-state index contributed by atoms with van der Waals surface area (Å²) in [7, 11) is 0. The van der Waals surface area contributed by atoms with Gasteiger partial charge in [0.1, 0.15) is 17.5 Å². The monoisotopic (exact) mass is 669 g/mol. The van der Waals surface area contributed by atoms with Gasteiger partial charge < -0.3 is 15.2 Å². The first kappa shape index (κ1) is 34.6. The van der Waals surface area contributed by atoms with Gasteiger partial charge in [0.2, 0.25) is 0 Å². The van der Waals surface area contributed by atoms with E-state index in [9.17, 15) is 19.5 Å². The van der Waals surface area contributed by atoms with Crippen molar-refractivity contribution in [3.8, 4) is 22.6 Å². The van der Waals surface area contributed by atoms with Crippen LogP contribution in [-0.4, -0.2) is 28.9 Å². The first-order valence-electron chi connectivity index (χ1n) is 17.5. The zero-order chi connectivity index (χ0) is 35.4. The Kier molecular flexibility index (Phi) is 10.1. The van der Waals surface area contributed by atoms with E-state index in [1.54, 1.807) is 6.07 Å². The van der Waals surface area contributed by atoms with E-state index in [1.807, 2.05) is 84.9 Å². The number of aromatic nitrogens is 1. The Bertz CT molecular complexity index is 2010. The molecule has 7 nitrogen and oxygen atoms in total. The molecule has 50 heavy (non-hydrogen) atoms. The van der Waals surface area contributed by atoms with Gasteiger partial charge in [0.15, 0.2) is 5.69 Å². The number of carbonyl (C=O) groups is 3. The molecule has 256 valence electrons. The molecule has 2 N–H and O–H groups in total. The lowest BCUT2D eigenvalue weighted by Gasteiger charge is -2.19. The summed E-state index contributed by atoms with van der Waals surface area (Å²) in [6, 6.07) is 31.9. The fourth-order valence-corrected chi connectivity index (χ4v) is 6.96. The number of carboxylic acids is 1. The van der Waals surface area contributed by atoms with E-state index in [-0.39, 0.29) is 23.4 Å². The molecule has 0 radical (unpaired) electrons.